The lowest BCUT2D eigenvalue weighted by Gasteiger charge is -2.13. The molecule has 1 aromatic carbocycles. The van der Waals surface area contributed by atoms with Crippen LogP contribution in [0.3, 0.4) is 0 Å². The average molecular weight is 254 g/mol. The van der Waals surface area contributed by atoms with Gasteiger partial charge in [0.2, 0.25) is 0 Å². The predicted molar refractivity (Wildman–Crippen MR) is 57.5 cm³/mol. The largest absolute Gasteiger partial charge is 0.416 e. The van der Waals surface area contributed by atoms with Crippen LogP contribution in [0.5, 0.6) is 0 Å². The molecule has 2 rings (SSSR count). The van der Waals surface area contributed by atoms with E-state index in [2.05, 4.69) is 9.97 Å². The highest BCUT2D eigenvalue weighted by molar-refractivity contribution is 5.30. The first-order valence-corrected chi connectivity index (χ1v) is 5.09. The second-order valence-corrected chi connectivity index (χ2v) is 3.66. The van der Waals surface area contributed by atoms with Crippen LogP contribution in [-0.2, 0) is 6.18 Å². The Morgan fingerprint density at radius 2 is 1.94 bits per heavy atom. The van der Waals surface area contributed by atoms with Crippen LogP contribution in [-0.4, -0.2) is 15.1 Å². The molecule has 1 N–H and O–H groups in total. The van der Waals surface area contributed by atoms with Gasteiger partial charge >= 0.3 is 6.18 Å². The molecule has 3 nitrogen and oxygen atoms in total. The lowest BCUT2D eigenvalue weighted by Crippen LogP contribution is -2.08. The first-order valence-electron chi connectivity index (χ1n) is 5.09. The standard InChI is InChI=1S/C12H9F3N2O/c13-12(14,15)9-3-1-2-8(6-9)11(18)10-4-5-16-7-17-10/h1-7,11,18H/t11-/m1/s1. The molecule has 6 heteroatoms. The minimum atomic E-state index is -4.43. The Bertz CT molecular complexity index is 528. The number of alkyl halides is 3. The lowest BCUT2D eigenvalue weighted by molar-refractivity contribution is -0.137. The van der Waals surface area contributed by atoms with Crippen molar-refractivity contribution in [2.24, 2.45) is 0 Å². The van der Waals surface area contributed by atoms with E-state index in [9.17, 15) is 18.3 Å². The lowest BCUT2D eigenvalue weighted by atomic mass is 10.0. The van der Waals surface area contributed by atoms with Gasteiger partial charge in [0.05, 0.1) is 11.3 Å². The van der Waals surface area contributed by atoms with E-state index in [-0.39, 0.29) is 11.3 Å². The number of nitrogens with zero attached hydrogens (tertiary/aromatic N) is 2. The van der Waals surface area contributed by atoms with Crippen LogP contribution in [0.25, 0.3) is 0 Å². The molecule has 0 saturated heterocycles. The Labute approximate surface area is 101 Å². The third kappa shape index (κ3) is 2.65. The molecular formula is C12H9F3N2O. The monoisotopic (exact) mass is 254 g/mol. The zero-order chi connectivity index (χ0) is 13.2. The van der Waals surface area contributed by atoms with E-state index in [0.717, 1.165) is 12.1 Å². The maximum atomic E-state index is 12.5. The van der Waals surface area contributed by atoms with Crippen molar-refractivity contribution >= 4 is 0 Å². The number of hydrogen-bond acceptors (Lipinski definition) is 3. The molecule has 0 saturated carbocycles. The second-order valence-electron chi connectivity index (χ2n) is 3.66. The highest BCUT2D eigenvalue weighted by Gasteiger charge is 2.31. The molecular weight excluding hydrogens is 245 g/mol. The Balaban J connectivity index is 2.35. The van der Waals surface area contributed by atoms with Gasteiger partial charge in [-0.2, -0.15) is 13.2 Å². The fourth-order valence-electron chi connectivity index (χ4n) is 1.52. The van der Waals surface area contributed by atoms with Gasteiger partial charge in [0.15, 0.2) is 0 Å². The van der Waals surface area contributed by atoms with Crippen molar-refractivity contribution in [2.75, 3.05) is 0 Å². The third-order valence-corrected chi connectivity index (χ3v) is 2.41. The maximum Gasteiger partial charge on any atom is 0.416 e. The molecule has 0 aliphatic rings. The summed E-state index contributed by atoms with van der Waals surface area (Å²) in [4.78, 5) is 7.48. The quantitative estimate of drug-likeness (QED) is 0.895. The van der Waals surface area contributed by atoms with Crippen molar-refractivity contribution in [2.45, 2.75) is 12.3 Å². The molecule has 0 aliphatic heterocycles. The molecule has 0 radical (unpaired) electrons. The highest BCUT2D eigenvalue weighted by atomic mass is 19.4. The SMILES string of the molecule is O[C@H](c1cccc(C(F)(F)F)c1)c1ccncn1. The van der Waals surface area contributed by atoms with E-state index in [1.165, 1.54) is 30.7 Å². The summed E-state index contributed by atoms with van der Waals surface area (Å²) in [5.41, 5.74) is -0.402. The molecule has 94 valence electrons. The van der Waals surface area contributed by atoms with Crippen LogP contribution in [0.2, 0.25) is 0 Å². The van der Waals surface area contributed by atoms with Gasteiger partial charge in [0, 0.05) is 6.20 Å². The fraction of sp³-hybridized carbons (Fsp3) is 0.167. The maximum absolute atomic E-state index is 12.5. The Kier molecular flexibility index (Phi) is 3.29. The molecule has 0 aliphatic carbocycles. The Morgan fingerprint density at radius 3 is 2.56 bits per heavy atom. The van der Waals surface area contributed by atoms with Gasteiger partial charge in [-0.1, -0.05) is 12.1 Å². The van der Waals surface area contributed by atoms with Crippen LogP contribution >= 0.6 is 0 Å². The highest BCUT2D eigenvalue weighted by Crippen LogP contribution is 2.31. The van der Waals surface area contributed by atoms with Gasteiger partial charge in [0.25, 0.3) is 0 Å². The molecule has 1 heterocycles. The van der Waals surface area contributed by atoms with Crippen molar-refractivity contribution in [3.8, 4) is 0 Å². The van der Waals surface area contributed by atoms with E-state index in [0.29, 0.717) is 0 Å². The van der Waals surface area contributed by atoms with E-state index in [1.807, 2.05) is 0 Å². The summed E-state index contributed by atoms with van der Waals surface area (Å²) >= 11 is 0. The minimum absolute atomic E-state index is 0.142. The number of halogens is 3. The Morgan fingerprint density at radius 1 is 1.17 bits per heavy atom. The summed E-state index contributed by atoms with van der Waals surface area (Å²) < 4.78 is 37.6. The number of benzene rings is 1. The van der Waals surface area contributed by atoms with Gasteiger partial charge in [-0.15, -0.1) is 0 Å². The predicted octanol–water partition coefficient (Wildman–Crippen LogP) is 2.58. The summed E-state index contributed by atoms with van der Waals surface area (Å²) in [7, 11) is 0. The second kappa shape index (κ2) is 4.73. The van der Waals surface area contributed by atoms with Gasteiger partial charge in [0.1, 0.15) is 12.4 Å². The van der Waals surface area contributed by atoms with Crippen molar-refractivity contribution in [1.29, 1.82) is 0 Å². The number of aromatic nitrogens is 2. The van der Waals surface area contributed by atoms with Crippen LogP contribution in [0.4, 0.5) is 13.2 Å². The van der Waals surface area contributed by atoms with Crippen LogP contribution in [0.1, 0.15) is 22.9 Å². The topological polar surface area (TPSA) is 46.0 Å². The molecule has 0 bridgehead atoms. The van der Waals surface area contributed by atoms with Gasteiger partial charge in [-0.3, -0.25) is 0 Å². The molecule has 0 fully saturated rings. The summed E-state index contributed by atoms with van der Waals surface area (Å²) in [5, 5.41) is 9.92. The van der Waals surface area contributed by atoms with E-state index < -0.39 is 17.8 Å². The van der Waals surface area contributed by atoms with E-state index >= 15 is 0 Å². The van der Waals surface area contributed by atoms with Crippen LogP contribution in [0, 0.1) is 0 Å². The molecule has 1 atom stereocenters. The number of hydrogen-bond donors (Lipinski definition) is 1. The van der Waals surface area contributed by atoms with Crippen molar-refractivity contribution in [3.05, 3.63) is 59.7 Å². The summed E-state index contributed by atoms with van der Waals surface area (Å²) in [6.07, 6.45) is -2.98. The van der Waals surface area contributed by atoms with Gasteiger partial charge in [-0.05, 0) is 23.8 Å². The molecule has 0 amide bonds. The van der Waals surface area contributed by atoms with Crippen molar-refractivity contribution in [3.63, 3.8) is 0 Å². The normalized spacial score (nSPS) is 13.3. The van der Waals surface area contributed by atoms with Gasteiger partial charge in [-0.25, -0.2) is 9.97 Å². The molecule has 2 aromatic rings. The number of aliphatic hydroxyl groups excluding tert-OH is 1. The molecule has 1 aromatic heterocycles. The molecule has 18 heavy (non-hydrogen) atoms. The average Bonchev–Trinajstić information content (AvgIpc) is 2.38. The summed E-state index contributed by atoms with van der Waals surface area (Å²) in [5.74, 6) is 0. The molecule has 0 spiro atoms. The summed E-state index contributed by atoms with van der Waals surface area (Å²) in [6.45, 7) is 0. The first kappa shape index (κ1) is 12.5. The zero-order valence-corrected chi connectivity index (χ0v) is 9.09. The Hall–Kier alpha value is -1.95. The van der Waals surface area contributed by atoms with Crippen molar-refractivity contribution < 1.29 is 18.3 Å². The number of rotatable bonds is 2. The number of aliphatic hydroxyl groups is 1. The first-order chi connectivity index (χ1) is 8.48. The van der Waals surface area contributed by atoms with E-state index in [4.69, 9.17) is 0 Å². The third-order valence-electron chi connectivity index (χ3n) is 2.41. The zero-order valence-electron chi connectivity index (χ0n) is 9.09. The van der Waals surface area contributed by atoms with Gasteiger partial charge < -0.3 is 5.11 Å². The summed E-state index contributed by atoms with van der Waals surface area (Å²) in [6, 6.07) is 5.98. The smallest absolute Gasteiger partial charge is 0.382 e. The van der Waals surface area contributed by atoms with Crippen LogP contribution in [0.15, 0.2) is 42.9 Å². The molecule has 0 unspecified atom stereocenters. The minimum Gasteiger partial charge on any atom is -0.382 e. The van der Waals surface area contributed by atoms with E-state index in [1.54, 1.807) is 0 Å². The fourth-order valence-corrected chi connectivity index (χ4v) is 1.52. The van der Waals surface area contributed by atoms with Crippen LogP contribution < -0.4 is 0 Å². The van der Waals surface area contributed by atoms with Crippen molar-refractivity contribution in [1.82, 2.24) is 9.97 Å².